The first-order chi connectivity index (χ1) is 10.7. The Morgan fingerprint density at radius 3 is 2.39 bits per heavy atom. The molecule has 0 aliphatic carbocycles. The fourth-order valence-corrected chi connectivity index (χ4v) is 2.51. The average molecular weight is 385 g/mol. The second-order valence-corrected chi connectivity index (χ2v) is 7.72. The summed E-state index contributed by atoms with van der Waals surface area (Å²) in [5.74, 6) is 0. The Morgan fingerprint density at radius 2 is 1.87 bits per heavy atom. The lowest BCUT2D eigenvalue weighted by molar-refractivity contribution is 0.0506. The van der Waals surface area contributed by atoms with Crippen molar-refractivity contribution in [1.29, 1.82) is 0 Å². The Balaban J connectivity index is 2.36. The van der Waals surface area contributed by atoms with Crippen molar-refractivity contribution in [3.8, 4) is 0 Å². The minimum absolute atomic E-state index is 0.0692. The molecule has 1 aromatic carbocycles. The van der Waals surface area contributed by atoms with E-state index in [-0.39, 0.29) is 12.1 Å². The average Bonchev–Trinajstić information content (AvgIpc) is 2.42. The van der Waals surface area contributed by atoms with Crippen LogP contribution in [0.15, 0.2) is 28.7 Å². The number of carbonyl (C=O) groups is 1. The van der Waals surface area contributed by atoms with Gasteiger partial charge < -0.3 is 15.4 Å². The molecule has 0 fully saturated rings. The first kappa shape index (κ1) is 20.0. The first-order valence-electron chi connectivity index (χ1n) is 8.19. The van der Waals surface area contributed by atoms with E-state index in [1.54, 1.807) is 0 Å². The third kappa shape index (κ3) is 8.37. The Hall–Kier alpha value is -1.07. The van der Waals surface area contributed by atoms with Crippen LogP contribution in [0.3, 0.4) is 0 Å². The maximum Gasteiger partial charge on any atom is 0.407 e. The van der Waals surface area contributed by atoms with E-state index in [1.165, 1.54) is 5.56 Å². The highest BCUT2D eigenvalue weighted by atomic mass is 79.9. The lowest BCUT2D eigenvalue weighted by Crippen LogP contribution is -2.39. The molecule has 4 nitrogen and oxygen atoms in total. The molecule has 0 radical (unpaired) electrons. The molecule has 2 N–H and O–H groups in total. The van der Waals surface area contributed by atoms with Crippen molar-refractivity contribution in [3.05, 3.63) is 34.3 Å². The predicted octanol–water partition coefficient (Wildman–Crippen LogP) is 4.79. The Bertz CT molecular complexity index is 483. The van der Waals surface area contributed by atoms with E-state index in [0.717, 1.165) is 23.9 Å². The molecule has 5 heteroatoms. The summed E-state index contributed by atoms with van der Waals surface area (Å²) in [6.07, 6.45) is 1.52. The van der Waals surface area contributed by atoms with Gasteiger partial charge in [0.25, 0.3) is 0 Å². The number of rotatable bonds is 7. The van der Waals surface area contributed by atoms with Gasteiger partial charge >= 0.3 is 6.09 Å². The molecule has 2 atom stereocenters. The summed E-state index contributed by atoms with van der Waals surface area (Å²) < 4.78 is 6.35. The number of benzene rings is 1. The van der Waals surface area contributed by atoms with Gasteiger partial charge in [-0.15, -0.1) is 0 Å². The van der Waals surface area contributed by atoms with Crippen molar-refractivity contribution in [2.75, 3.05) is 6.54 Å². The van der Waals surface area contributed by atoms with Gasteiger partial charge in [-0.05, 0) is 64.8 Å². The number of nitrogens with one attached hydrogen (secondary N) is 2. The highest BCUT2D eigenvalue weighted by molar-refractivity contribution is 9.10. The van der Waals surface area contributed by atoms with E-state index in [1.807, 2.05) is 27.7 Å². The van der Waals surface area contributed by atoms with E-state index in [4.69, 9.17) is 4.74 Å². The minimum Gasteiger partial charge on any atom is -0.444 e. The summed E-state index contributed by atoms with van der Waals surface area (Å²) >= 11 is 3.46. The van der Waals surface area contributed by atoms with Crippen molar-refractivity contribution in [2.24, 2.45) is 0 Å². The molecule has 0 aromatic heterocycles. The van der Waals surface area contributed by atoms with E-state index in [0.29, 0.717) is 6.04 Å². The molecular formula is C18H29BrN2O2. The van der Waals surface area contributed by atoms with Crippen LogP contribution < -0.4 is 10.6 Å². The van der Waals surface area contributed by atoms with Gasteiger partial charge in [-0.2, -0.15) is 0 Å². The molecule has 130 valence electrons. The second kappa shape index (κ2) is 9.28. The minimum atomic E-state index is -0.461. The highest BCUT2D eigenvalue weighted by Gasteiger charge is 2.17. The number of hydrogen-bond donors (Lipinski definition) is 2. The van der Waals surface area contributed by atoms with Gasteiger partial charge in [0.15, 0.2) is 0 Å². The van der Waals surface area contributed by atoms with Crippen LogP contribution in [0, 0.1) is 0 Å². The molecule has 1 amide bonds. The molecule has 0 bridgehead atoms. The summed E-state index contributed by atoms with van der Waals surface area (Å²) in [5, 5.41) is 6.42. The van der Waals surface area contributed by atoms with Crippen molar-refractivity contribution < 1.29 is 9.53 Å². The first-order valence-corrected chi connectivity index (χ1v) is 8.99. The van der Waals surface area contributed by atoms with Crippen LogP contribution in [0.1, 0.15) is 59.1 Å². The van der Waals surface area contributed by atoms with Crippen LogP contribution in [0.5, 0.6) is 0 Å². The van der Waals surface area contributed by atoms with E-state index in [9.17, 15) is 4.79 Å². The maximum atomic E-state index is 11.7. The number of alkyl carbamates (subject to hydrolysis) is 1. The standard InChI is InChI=1S/C18H29BrN2O2/c1-6-16(14-7-9-15(19)10-8-14)20-12-11-13(2)21-17(22)23-18(3,4)5/h7-10,13,16,20H,6,11-12H2,1-5H3,(H,21,22). The summed E-state index contributed by atoms with van der Waals surface area (Å²) in [5.41, 5.74) is 0.820. The van der Waals surface area contributed by atoms with E-state index < -0.39 is 5.60 Å². The predicted molar refractivity (Wildman–Crippen MR) is 98.6 cm³/mol. The molecular weight excluding hydrogens is 356 g/mol. The number of hydrogen-bond acceptors (Lipinski definition) is 3. The van der Waals surface area contributed by atoms with Crippen molar-refractivity contribution in [2.45, 2.75) is 65.1 Å². The fourth-order valence-electron chi connectivity index (χ4n) is 2.25. The Labute approximate surface area is 148 Å². The zero-order valence-electron chi connectivity index (χ0n) is 14.8. The Morgan fingerprint density at radius 1 is 1.26 bits per heavy atom. The third-order valence-electron chi connectivity index (χ3n) is 3.41. The molecule has 0 aliphatic heterocycles. The molecule has 0 spiro atoms. The molecule has 0 aliphatic rings. The number of carbonyl (C=O) groups excluding carboxylic acids is 1. The van der Waals surface area contributed by atoms with Crippen LogP contribution >= 0.6 is 15.9 Å². The summed E-state index contributed by atoms with van der Waals surface area (Å²) in [6, 6.07) is 8.79. The normalized spacial score (nSPS) is 14.2. The van der Waals surface area contributed by atoms with Crippen LogP contribution in [-0.2, 0) is 4.74 Å². The highest BCUT2D eigenvalue weighted by Crippen LogP contribution is 2.19. The quantitative estimate of drug-likeness (QED) is 0.709. The smallest absolute Gasteiger partial charge is 0.407 e. The van der Waals surface area contributed by atoms with E-state index in [2.05, 4.69) is 57.8 Å². The largest absolute Gasteiger partial charge is 0.444 e. The van der Waals surface area contributed by atoms with Crippen molar-refractivity contribution in [1.82, 2.24) is 10.6 Å². The van der Waals surface area contributed by atoms with Gasteiger partial charge in [-0.1, -0.05) is 35.0 Å². The molecule has 0 heterocycles. The van der Waals surface area contributed by atoms with Gasteiger partial charge in [0.05, 0.1) is 0 Å². The SMILES string of the molecule is CCC(NCCC(C)NC(=O)OC(C)(C)C)c1ccc(Br)cc1. The maximum absolute atomic E-state index is 11.7. The number of amides is 1. The summed E-state index contributed by atoms with van der Waals surface area (Å²) in [4.78, 5) is 11.7. The van der Waals surface area contributed by atoms with Crippen LogP contribution in [-0.4, -0.2) is 24.3 Å². The van der Waals surface area contributed by atoms with Crippen LogP contribution in [0.25, 0.3) is 0 Å². The van der Waals surface area contributed by atoms with Gasteiger partial charge in [0.2, 0.25) is 0 Å². The summed E-state index contributed by atoms with van der Waals surface area (Å²) in [6.45, 7) is 10.6. The molecule has 1 rings (SSSR count). The lowest BCUT2D eigenvalue weighted by atomic mass is 10.0. The topological polar surface area (TPSA) is 50.4 Å². The van der Waals surface area contributed by atoms with Crippen molar-refractivity contribution in [3.63, 3.8) is 0 Å². The summed E-state index contributed by atoms with van der Waals surface area (Å²) in [7, 11) is 0. The molecule has 1 aromatic rings. The van der Waals surface area contributed by atoms with Gasteiger partial charge in [0.1, 0.15) is 5.60 Å². The third-order valence-corrected chi connectivity index (χ3v) is 3.94. The van der Waals surface area contributed by atoms with Gasteiger partial charge in [-0.25, -0.2) is 4.79 Å². The molecule has 23 heavy (non-hydrogen) atoms. The van der Waals surface area contributed by atoms with Crippen molar-refractivity contribution >= 4 is 22.0 Å². The van der Waals surface area contributed by atoms with Crippen LogP contribution in [0.2, 0.25) is 0 Å². The molecule has 2 unspecified atom stereocenters. The molecule has 0 saturated carbocycles. The number of ether oxygens (including phenoxy) is 1. The zero-order chi connectivity index (χ0) is 17.5. The van der Waals surface area contributed by atoms with Gasteiger partial charge in [-0.3, -0.25) is 0 Å². The number of halogens is 1. The van der Waals surface area contributed by atoms with Crippen LogP contribution in [0.4, 0.5) is 4.79 Å². The lowest BCUT2D eigenvalue weighted by Gasteiger charge is -2.23. The van der Waals surface area contributed by atoms with E-state index >= 15 is 0 Å². The second-order valence-electron chi connectivity index (χ2n) is 6.80. The fraction of sp³-hybridized carbons (Fsp3) is 0.611. The zero-order valence-corrected chi connectivity index (χ0v) is 16.4. The van der Waals surface area contributed by atoms with Gasteiger partial charge in [0, 0.05) is 16.6 Å². The Kier molecular flexibility index (Phi) is 8.06. The molecule has 0 saturated heterocycles. The monoisotopic (exact) mass is 384 g/mol.